The first-order valence-electron chi connectivity index (χ1n) is 5.09. The Morgan fingerprint density at radius 1 is 1.29 bits per heavy atom. The fraction of sp³-hybridized carbons (Fsp3) is 0.364. The van der Waals surface area contributed by atoms with Crippen LogP contribution in [0.25, 0.3) is 0 Å². The third-order valence-electron chi connectivity index (χ3n) is 2.22. The molecule has 2 N–H and O–H groups in total. The van der Waals surface area contributed by atoms with Gasteiger partial charge in [0.25, 0.3) is 5.91 Å². The largest absolute Gasteiger partial charge is 0.397 e. The van der Waals surface area contributed by atoms with Crippen molar-refractivity contribution in [2.75, 3.05) is 33.4 Å². The SMILES string of the molecule is CN(C)C(=O)CN(C)C(=O)c1ccc(N)cn1. The van der Waals surface area contributed by atoms with E-state index < -0.39 is 0 Å². The molecule has 2 amide bonds. The maximum atomic E-state index is 11.9. The molecule has 1 rings (SSSR count). The van der Waals surface area contributed by atoms with E-state index in [0.29, 0.717) is 5.69 Å². The molecule has 17 heavy (non-hydrogen) atoms. The number of nitrogens with zero attached hydrogens (tertiary/aromatic N) is 3. The van der Waals surface area contributed by atoms with Gasteiger partial charge in [0, 0.05) is 21.1 Å². The molecule has 0 atom stereocenters. The van der Waals surface area contributed by atoms with Gasteiger partial charge in [0.2, 0.25) is 5.91 Å². The molecule has 92 valence electrons. The Morgan fingerprint density at radius 2 is 1.94 bits per heavy atom. The third kappa shape index (κ3) is 3.44. The molecule has 0 aliphatic rings. The van der Waals surface area contributed by atoms with Crippen molar-refractivity contribution in [1.82, 2.24) is 14.8 Å². The number of nitrogens with two attached hydrogens (primary N) is 1. The Hall–Kier alpha value is -2.11. The number of rotatable bonds is 3. The molecule has 6 nitrogen and oxygen atoms in total. The summed E-state index contributed by atoms with van der Waals surface area (Å²) in [6.45, 7) is 0.0257. The zero-order valence-corrected chi connectivity index (χ0v) is 10.2. The molecule has 1 aromatic heterocycles. The molecule has 6 heteroatoms. The summed E-state index contributed by atoms with van der Waals surface area (Å²) in [4.78, 5) is 30.0. The first-order valence-corrected chi connectivity index (χ1v) is 5.09. The summed E-state index contributed by atoms with van der Waals surface area (Å²) in [5.74, 6) is -0.448. The van der Waals surface area contributed by atoms with Crippen molar-refractivity contribution in [3.05, 3.63) is 24.0 Å². The molecule has 0 aliphatic heterocycles. The minimum absolute atomic E-state index is 0.0257. The average molecular weight is 236 g/mol. The van der Waals surface area contributed by atoms with E-state index in [9.17, 15) is 9.59 Å². The smallest absolute Gasteiger partial charge is 0.272 e. The second kappa shape index (κ2) is 5.29. The number of carbonyl (C=O) groups excluding carboxylic acids is 2. The number of pyridine rings is 1. The maximum Gasteiger partial charge on any atom is 0.272 e. The van der Waals surface area contributed by atoms with E-state index >= 15 is 0 Å². The van der Waals surface area contributed by atoms with Gasteiger partial charge in [-0.15, -0.1) is 0 Å². The van der Waals surface area contributed by atoms with Gasteiger partial charge in [0.05, 0.1) is 18.4 Å². The van der Waals surface area contributed by atoms with Gasteiger partial charge in [0.1, 0.15) is 5.69 Å². The van der Waals surface area contributed by atoms with Crippen LogP contribution in [0.3, 0.4) is 0 Å². The number of anilines is 1. The molecule has 0 bridgehead atoms. The highest BCUT2D eigenvalue weighted by molar-refractivity contribution is 5.94. The predicted molar refractivity (Wildman–Crippen MR) is 64.3 cm³/mol. The van der Waals surface area contributed by atoms with Gasteiger partial charge in [-0.3, -0.25) is 9.59 Å². The van der Waals surface area contributed by atoms with E-state index in [2.05, 4.69) is 4.98 Å². The average Bonchev–Trinajstić information content (AvgIpc) is 2.28. The van der Waals surface area contributed by atoms with Crippen LogP contribution in [-0.2, 0) is 4.79 Å². The number of amides is 2. The van der Waals surface area contributed by atoms with Crippen molar-refractivity contribution >= 4 is 17.5 Å². The predicted octanol–water partition coefficient (Wildman–Crippen LogP) is -0.176. The number of carbonyl (C=O) groups is 2. The number of hydrogen-bond acceptors (Lipinski definition) is 4. The Balaban J connectivity index is 2.70. The number of likely N-dealkylation sites (N-methyl/N-ethyl adjacent to an activating group) is 2. The third-order valence-corrected chi connectivity index (χ3v) is 2.22. The number of hydrogen-bond donors (Lipinski definition) is 1. The van der Waals surface area contributed by atoms with Gasteiger partial charge in [-0.1, -0.05) is 0 Å². The Labute approximate surface area is 100 Å². The van der Waals surface area contributed by atoms with E-state index in [1.54, 1.807) is 27.2 Å². The van der Waals surface area contributed by atoms with Crippen LogP contribution < -0.4 is 5.73 Å². The van der Waals surface area contributed by atoms with Crippen molar-refractivity contribution in [2.24, 2.45) is 0 Å². The molecule has 0 radical (unpaired) electrons. The fourth-order valence-corrected chi connectivity index (χ4v) is 1.14. The molecule has 0 fully saturated rings. The van der Waals surface area contributed by atoms with E-state index in [1.165, 1.54) is 22.1 Å². The maximum absolute atomic E-state index is 11.9. The summed E-state index contributed by atoms with van der Waals surface area (Å²) in [6, 6.07) is 3.14. The zero-order valence-electron chi connectivity index (χ0n) is 10.2. The number of aromatic nitrogens is 1. The Morgan fingerprint density at radius 3 is 2.41 bits per heavy atom. The summed E-state index contributed by atoms with van der Waals surface area (Å²) < 4.78 is 0. The lowest BCUT2D eigenvalue weighted by atomic mass is 10.3. The molecule has 1 heterocycles. The normalized spacial score (nSPS) is 9.82. The first kappa shape index (κ1) is 13.0. The second-order valence-electron chi connectivity index (χ2n) is 3.93. The molecule has 0 aromatic carbocycles. The summed E-state index contributed by atoms with van der Waals surface area (Å²) in [5, 5.41) is 0. The van der Waals surface area contributed by atoms with Gasteiger partial charge in [0.15, 0.2) is 0 Å². The molecular formula is C11H16N4O2. The summed E-state index contributed by atoms with van der Waals surface area (Å²) in [7, 11) is 4.84. The molecule has 0 saturated carbocycles. The zero-order chi connectivity index (χ0) is 13.0. The molecule has 0 spiro atoms. The van der Waals surface area contributed by atoms with Crippen LogP contribution in [0.4, 0.5) is 5.69 Å². The Kier molecular flexibility index (Phi) is 4.03. The van der Waals surface area contributed by atoms with Gasteiger partial charge < -0.3 is 15.5 Å². The molecule has 0 aliphatic carbocycles. The highest BCUT2D eigenvalue weighted by Crippen LogP contribution is 2.04. The van der Waals surface area contributed by atoms with E-state index in [-0.39, 0.29) is 24.1 Å². The summed E-state index contributed by atoms with van der Waals surface area (Å²) in [5.41, 5.74) is 6.24. The van der Waals surface area contributed by atoms with Crippen LogP contribution in [0.1, 0.15) is 10.5 Å². The van der Waals surface area contributed by atoms with Gasteiger partial charge in [-0.05, 0) is 12.1 Å². The van der Waals surface area contributed by atoms with Crippen LogP contribution in [-0.4, -0.2) is 54.3 Å². The van der Waals surface area contributed by atoms with Gasteiger partial charge in [-0.25, -0.2) is 4.98 Å². The van der Waals surface area contributed by atoms with Crippen molar-refractivity contribution < 1.29 is 9.59 Å². The first-order chi connectivity index (χ1) is 7.91. The van der Waals surface area contributed by atoms with Crippen molar-refractivity contribution in [2.45, 2.75) is 0 Å². The summed E-state index contributed by atoms with van der Waals surface area (Å²) >= 11 is 0. The van der Waals surface area contributed by atoms with Crippen molar-refractivity contribution in [1.29, 1.82) is 0 Å². The number of nitrogen functional groups attached to an aromatic ring is 1. The lowest BCUT2D eigenvalue weighted by molar-refractivity contribution is -0.129. The van der Waals surface area contributed by atoms with Crippen molar-refractivity contribution in [3.8, 4) is 0 Å². The highest BCUT2D eigenvalue weighted by atomic mass is 16.2. The van der Waals surface area contributed by atoms with Crippen molar-refractivity contribution in [3.63, 3.8) is 0 Å². The molecular weight excluding hydrogens is 220 g/mol. The molecule has 1 aromatic rings. The van der Waals surface area contributed by atoms with Crippen LogP contribution in [0, 0.1) is 0 Å². The molecule has 0 saturated heterocycles. The van der Waals surface area contributed by atoms with Gasteiger partial charge in [-0.2, -0.15) is 0 Å². The standard InChI is InChI=1S/C11H16N4O2/c1-14(2)10(16)7-15(3)11(17)9-5-4-8(12)6-13-9/h4-6H,7,12H2,1-3H3. The minimum atomic E-state index is -0.305. The molecule has 0 unspecified atom stereocenters. The van der Waals surface area contributed by atoms with E-state index in [4.69, 9.17) is 5.73 Å². The van der Waals surface area contributed by atoms with Crippen LogP contribution in [0.2, 0.25) is 0 Å². The van der Waals surface area contributed by atoms with E-state index in [1.807, 2.05) is 0 Å². The van der Waals surface area contributed by atoms with Crippen LogP contribution in [0.15, 0.2) is 18.3 Å². The monoisotopic (exact) mass is 236 g/mol. The second-order valence-corrected chi connectivity index (χ2v) is 3.93. The van der Waals surface area contributed by atoms with Gasteiger partial charge >= 0.3 is 0 Å². The van der Waals surface area contributed by atoms with Crippen LogP contribution >= 0.6 is 0 Å². The fourth-order valence-electron chi connectivity index (χ4n) is 1.14. The minimum Gasteiger partial charge on any atom is -0.397 e. The summed E-state index contributed by atoms with van der Waals surface area (Å²) in [6.07, 6.45) is 1.41. The topological polar surface area (TPSA) is 79.5 Å². The quantitative estimate of drug-likeness (QED) is 0.789. The lowest BCUT2D eigenvalue weighted by Crippen LogP contribution is -2.38. The van der Waals surface area contributed by atoms with E-state index in [0.717, 1.165) is 0 Å². The Bertz CT molecular complexity index is 414. The highest BCUT2D eigenvalue weighted by Gasteiger charge is 2.16. The lowest BCUT2D eigenvalue weighted by Gasteiger charge is -2.18. The van der Waals surface area contributed by atoms with Crippen LogP contribution in [0.5, 0.6) is 0 Å².